The van der Waals surface area contributed by atoms with Crippen LogP contribution in [0.1, 0.15) is 10.4 Å². The van der Waals surface area contributed by atoms with Gasteiger partial charge in [0.15, 0.2) is 5.78 Å². The van der Waals surface area contributed by atoms with E-state index < -0.39 is 0 Å². The lowest BCUT2D eigenvalue weighted by Crippen LogP contribution is -2.25. The van der Waals surface area contributed by atoms with Crippen molar-refractivity contribution in [3.63, 3.8) is 0 Å². The maximum atomic E-state index is 12.7. The van der Waals surface area contributed by atoms with Crippen LogP contribution in [0.4, 0.5) is 11.6 Å². The molecule has 0 fully saturated rings. The zero-order chi connectivity index (χ0) is 19.4. The molecule has 0 aliphatic heterocycles. The van der Waals surface area contributed by atoms with Crippen LogP contribution in [0.25, 0.3) is 11.4 Å². The Morgan fingerprint density at radius 2 is 1.96 bits per heavy atom. The van der Waals surface area contributed by atoms with Crippen molar-refractivity contribution >= 4 is 17.4 Å². The van der Waals surface area contributed by atoms with Crippen LogP contribution in [0, 0.1) is 0 Å². The Morgan fingerprint density at radius 3 is 2.67 bits per heavy atom. The minimum Gasteiger partial charge on any atom is -0.377 e. The van der Waals surface area contributed by atoms with Crippen molar-refractivity contribution in [3.8, 4) is 11.4 Å². The maximum absolute atomic E-state index is 12.7. The number of Topliss-reactive ketones (excluding diaryl/α,β-unsaturated/α-hetero) is 1. The molecule has 2 aromatic heterocycles. The molecule has 1 aromatic carbocycles. The third kappa shape index (κ3) is 4.00. The van der Waals surface area contributed by atoms with E-state index in [-0.39, 0.29) is 17.9 Å². The summed E-state index contributed by atoms with van der Waals surface area (Å²) in [4.78, 5) is 39.2. The SMILES string of the molecule is CN(C)c1ccccc1C(=O)CNc1nc(-c2ccncn2)cc(=O)n1C. The number of para-hydroxylation sites is 1. The van der Waals surface area contributed by atoms with E-state index in [1.165, 1.54) is 17.0 Å². The third-order valence-corrected chi connectivity index (χ3v) is 4.07. The standard InChI is InChI=1S/C19H20N6O2/c1-24(2)16-7-5-4-6-13(16)17(26)11-21-19-23-15(10-18(27)25(19)3)14-8-9-20-12-22-14/h4-10,12H,11H2,1-3H3,(H,21,23). The van der Waals surface area contributed by atoms with E-state index in [0.29, 0.717) is 22.9 Å². The molecule has 3 rings (SSSR count). The van der Waals surface area contributed by atoms with E-state index in [1.54, 1.807) is 25.4 Å². The molecule has 0 aliphatic rings. The van der Waals surface area contributed by atoms with Crippen molar-refractivity contribution in [2.45, 2.75) is 0 Å². The highest BCUT2D eigenvalue weighted by Crippen LogP contribution is 2.19. The zero-order valence-electron chi connectivity index (χ0n) is 15.4. The molecule has 3 aromatic rings. The first-order valence-corrected chi connectivity index (χ1v) is 8.35. The van der Waals surface area contributed by atoms with Gasteiger partial charge in [0.25, 0.3) is 5.56 Å². The molecule has 1 N–H and O–H groups in total. The van der Waals surface area contributed by atoms with Crippen molar-refractivity contribution in [3.05, 3.63) is 64.8 Å². The second-order valence-electron chi connectivity index (χ2n) is 6.15. The molecule has 0 aliphatic carbocycles. The van der Waals surface area contributed by atoms with Gasteiger partial charge >= 0.3 is 0 Å². The molecular weight excluding hydrogens is 344 g/mol. The van der Waals surface area contributed by atoms with Gasteiger partial charge in [0.1, 0.15) is 6.33 Å². The van der Waals surface area contributed by atoms with Gasteiger partial charge in [-0.2, -0.15) is 0 Å². The van der Waals surface area contributed by atoms with E-state index in [0.717, 1.165) is 5.69 Å². The van der Waals surface area contributed by atoms with Gasteiger partial charge in [-0.25, -0.2) is 15.0 Å². The Kier molecular flexibility index (Phi) is 5.25. The number of nitrogens with zero attached hydrogens (tertiary/aromatic N) is 5. The fourth-order valence-electron chi connectivity index (χ4n) is 2.63. The minimum atomic E-state index is -0.248. The van der Waals surface area contributed by atoms with Crippen LogP contribution < -0.4 is 15.8 Å². The highest BCUT2D eigenvalue weighted by atomic mass is 16.1. The Morgan fingerprint density at radius 1 is 1.19 bits per heavy atom. The largest absolute Gasteiger partial charge is 0.377 e. The van der Waals surface area contributed by atoms with Crippen LogP contribution >= 0.6 is 0 Å². The summed E-state index contributed by atoms with van der Waals surface area (Å²) in [6.45, 7) is 0.0123. The van der Waals surface area contributed by atoms with Gasteiger partial charge in [-0.15, -0.1) is 0 Å². The average molecular weight is 364 g/mol. The van der Waals surface area contributed by atoms with Gasteiger partial charge in [-0.1, -0.05) is 12.1 Å². The van der Waals surface area contributed by atoms with Gasteiger partial charge in [-0.05, 0) is 18.2 Å². The normalized spacial score (nSPS) is 10.5. The van der Waals surface area contributed by atoms with Gasteiger partial charge in [0.05, 0.1) is 17.9 Å². The molecule has 0 saturated carbocycles. The Hall–Kier alpha value is -3.55. The summed E-state index contributed by atoms with van der Waals surface area (Å²) in [5.41, 5.74) is 2.15. The predicted molar refractivity (Wildman–Crippen MR) is 104 cm³/mol. The Balaban J connectivity index is 1.85. The Labute approximate surface area is 156 Å². The van der Waals surface area contributed by atoms with E-state index in [1.807, 2.05) is 37.2 Å². The van der Waals surface area contributed by atoms with Crippen molar-refractivity contribution in [2.75, 3.05) is 30.9 Å². The van der Waals surface area contributed by atoms with Gasteiger partial charge in [0.2, 0.25) is 5.95 Å². The van der Waals surface area contributed by atoms with Crippen LogP contribution in [0.15, 0.2) is 53.7 Å². The van der Waals surface area contributed by atoms with Gasteiger partial charge in [-0.3, -0.25) is 14.2 Å². The number of carbonyl (C=O) groups is 1. The fraction of sp³-hybridized carbons (Fsp3) is 0.211. The molecule has 0 amide bonds. The quantitative estimate of drug-likeness (QED) is 0.664. The molecule has 0 spiro atoms. The van der Waals surface area contributed by atoms with Crippen LogP contribution in [0.5, 0.6) is 0 Å². The van der Waals surface area contributed by atoms with Crippen molar-refractivity contribution < 1.29 is 4.79 Å². The number of hydrogen-bond acceptors (Lipinski definition) is 7. The van der Waals surface area contributed by atoms with Crippen LogP contribution in [-0.2, 0) is 7.05 Å². The van der Waals surface area contributed by atoms with E-state index in [9.17, 15) is 9.59 Å². The van der Waals surface area contributed by atoms with Crippen molar-refractivity contribution in [2.24, 2.45) is 7.05 Å². The minimum absolute atomic E-state index is 0.0123. The number of aromatic nitrogens is 4. The molecular formula is C19H20N6O2. The predicted octanol–water partition coefficient (Wildman–Crippen LogP) is 1.60. The molecule has 0 saturated heterocycles. The summed E-state index contributed by atoms with van der Waals surface area (Å²) in [6, 6.07) is 10.4. The molecule has 27 heavy (non-hydrogen) atoms. The molecule has 0 radical (unpaired) electrons. The maximum Gasteiger partial charge on any atom is 0.255 e. The summed E-state index contributed by atoms with van der Waals surface area (Å²) in [5.74, 6) is 0.202. The van der Waals surface area contributed by atoms with Gasteiger partial charge in [0, 0.05) is 44.7 Å². The Bertz CT molecular complexity index is 1010. The van der Waals surface area contributed by atoms with Crippen LogP contribution in [0.2, 0.25) is 0 Å². The number of hydrogen-bond donors (Lipinski definition) is 1. The highest BCUT2D eigenvalue weighted by Gasteiger charge is 2.14. The number of nitrogens with one attached hydrogen (secondary N) is 1. The molecule has 8 heteroatoms. The summed E-state index contributed by atoms with van der Waals surface area (Å²) in [6.07, 6.45) is 2.97. The molecule has 8 nitrogen and oxygen atoms in total. The van der Waals surface area contributed by atoms with Crippen molar-refractivity contribution in [1.29, 1.82) is 0 Å². The van der Waals surface area contributed by atoms with Crippen LogP contribution in [-0.4, -0.2) is 45.9 Å². The van der Waals surface area contributed by atoms with Gasteiger partial charge < -0.3 is 10.2 Å². The first kappa shape index (κ1) is 18.2. The molecule has 138 valence electrons. The second kappa shape index (κ2) is 7.77. The lowest BCUT2D eigenvalue weighted by Gasteiger charge is -2.17. The molecule has 0 atom stereocenters. The number of ketones is 1. The highest BCUT2D eigenvalue weighted by molar-refractivity contribution is 6.03. The fourth-order valence-corrected chi connectivity index (χ4v) is 2.63. The smallest absolute Gasteiger partial charge is 0.255 e. The lowest BCUT2D eigenvalue weighted by molar-refractivity contribution is 0.101. The number of carbonyl (C=O) groups excluding carboxylic acids is 1. The second-order valence-corrected chi connectivity index (χ2v) is 6.15. The zero-order valence-corrected chi connectivity index (χ0v) is 15.4. The molecule has 0 bridgehead atoms. The summed E-state index contributed by atoms with van der Waals surface area (Å²) in [5, 5.41) is 2.97. The molecule has 0 unspecified atom stereocenters. The summed E-state index contributed by atoms with van der Waals surface area (Å²) in [7, 11) is 5.37. The van der Waals surface area contributed by atoms with E-state index in [2.05, 4.69) is 20.3 Å². The number of rotatable bonds is 6. The third-order valence-electron chi connectivity index (χ3n) is 4.07. The van der Waals surface area contributed by atoms with E-state index >= 15 is 0 Å². The first-order chi connectivity index (χ1) is 13.0. The first-order valence-electron chi connectivity index (χ1n) is 8.35. The molecule has 2 heterocycles. The summed E-state index contributed by atoms with van der Waals surface area (Å²) < 4.78 is 1.36. The van der Waals surface area contributed by atoms with Crippen LogP contribution in [0.3, 0.4) is 0 Å². The van der Waals surface area contributed by atoms with Crippen molar-refractivity contribution in [1.82, 2.24) is 19.5 Å². The van der Waals surface area contributed by atoms with E-state index in [4.69, 9.17) is 0 Å². The topological polar surface area (TPSA) is 93.0 Å². The monoisotopic (exact) mass is 364 g/mol. The number of benzene rings is 1. The summed E-state index contributed by atoms with van der Waals surface area (Å²) >= 11 is 0. The average Bonchev–Trinajstić information content (AvgIpc) is 2.69. The number of anilines is 2. The lowest BCUT2D eigenvalue weighted by atomic mass is 10.1.